The van der Waals surface area contributed by atoms with Crippen molar-refractivity contribution in [2.75, 3.05) is 11.9 Å². The molecule has 0 saturated heterocycles. The first kappa shape index (κ1) is 13.3. The minimum absolute atomic E-state index is 0.182. The van der Waals surface area contributed by atoms with Crippen LogP contribution in [-0.4, -0.2) is 27.6 Å². The van der Waals surface area contributed by atoms with Crippen molar-refractivity contribution in [2.45, 2.75) is 32.6 Å². The van der Waals surface area contributed by atoms with Crippen LogP contribution in [0.3, 0.4) is 0 Å². The molecule has 5 nitrogen and oxygen atoms in total. The molecule has 0 unspecified atom stereocenters. The minimum Gasteiger partial charge on any atom is -0.481 e. The molecule has 0 atom stereocenters. The van der Waals surface area contributed by atoms with E-state index in [-0.39, 0.29) is 12.2 Å². The maximum absolute atomic E-state index is 13.4. The van der Waals surface area contributed by atoms with E-state index in [2.05, 4.69) is 15.3 Å². The molecule has 2 N–H and O–H groups in total. The van der Waals surface area contributed by atoms with Gasteiger partial charge < -0.3 is 10.4 Å². The largest absolute Gasteiger partial charge is 0.481 e. The Bertz CT molecular complexity index is 385. The summed E-state index contributed by atoms with van der Waals surface area (Å²) in [5, 5.41) is 11.3. The van der Waals surface area contributed by atoms with Crippen molar-refractivity contribution in [1.29, 1.82) is 0 Å². The molecule has 1 rings (SSSR count). The maximum Gasteiger partial charge on any atom is 0.303 e. The molecule has 0 aliphatic rings. The van der Waals surface area contributed by atoms with Crippen molar-refractivity contribution < 1.29 is 14.3 Å². The van der Waals surface area contributed by atoms with Crippen molar-refractivity contribution in [3.05, 3.63) is 17.8 Å². The topological polar surface area (TPSA) is 75.1 Å². The highest BCUT2D eigenvalue weighted by Crippen LogP contribution is 2.11. The number of rotatable bonds is 7. The van der Waals surface area contributed by atoms with Crippen molar-refractivity contribution in [2.24, 2.45) is 0 Å². The number of carbonyl (C=O) groups is 1. The van der Waals surface area contributed by atoms with Crippen LogP contribution in [0, 0.1) is 12.7 Å². The van der Waals surface area contributed by atoms with Gasteiger partial charge >= 0.3 is 5.97 Å². The van der Waals surface area contributed by atoms with Crippen LogP contribution in [0.1, 0.15) is 31.4 Å². The van der Waals surface area contributed by atoms with Gasteiger partial charge in [0, 0.05) is 13.0 Å². The zero-order valence-electron chi connectivity index (χ0n) is 9.74. The molecule has 1 aromatic heterocycles. The Balaban J connectivity index is 2.22. The highest BCUT2D eigenvalue weighted by Gasteiger charge is 2.06. The zero-order valence-corrected chi connectivity index (χ0v) is 9.74. The number of unbranched alkanes of at least 4 members (excludes halogenated alkanes) is 2. The number of aryl methyl sites for hydroxylation is 1. The maximum atomic E-state index is 13.4. The Morgan fingerprint density at radius 2 is 2.18 bits per heavy atom. The highest BCUT2D eigenvalue weighted by atomic mass is 19.1. The van der Waals surface area contributed by atoms with Gasteiger partial charge in [0.05, 0.1) is 5.69 Å². The van der Waals surface area contributed by atoms with Gasteiger partial charge in [0.25, 0.3) is 0 Å². The lowest BCUT2D eigenvalue weighted by atomic mass is 10.2. The lowest BCUT2D eigenvalue weighted by Gasteiger charge is -2.06. The third-order valence-corrected chi connectivity index (χ3v) is 2.32. The van der Waals surface area contributed by atoms with Crippen molar-refractivity contribution >= 4 is 11.8 Å². The first-order chi connectivity index (χ1) is 8.11. The number of hydrogen-bond donors (Lipinski definition) is 2. The first-order valence-electron chi connectivity index (χ1n) is 5.54. The molecule has 0 saturated carbocycles. The Labute approximate surface area is 99.1 Å². The number of anilines is 1. The van der Waals surface area contributed by atoms with Gasteiger partial charge in [0.15, 0.2) is 11.6 Å². The number of aliphatic carboxylic acids is 1. The lowest BCUT2D eigenvalue weighted by Crippen LogP contribution is -2.07. The van der Waals surface area contributed by atoms with Crippen LogP contribution in [0.5, 0.6) is 0 Å². The number of carboxylic acid groups (broad SMARTS) is 1. The molecule has 0 spiro atoms. The normalized spacial score (nSPS) is 10.2. The summed E-state index contributed by atoms with van der Waals surface area (Å²) < 4.78 is 13.4. The molecule has 1 heterocycles. The van der Waals surface area contributed by atoms with E-state index in [1.54, 1.807) is 6.92 Å². The van der Waals surface area contributed by atoms with E-state index in [1.807, 2.05) is 0 Å². The Hall–Kier alpha value is -1.72. The summed E-state index contributed by atoms with van der Waals surface area (Å²) in [4.78, 5) is 17.8. The average molecular weight is 241 g/mol. The summed E-state index contributed by atoms with van der Waals surface area (Å²) in [7, 11) is 0. The van der Waals surface area contributed by atoms with Gasteiger partial charge in [-0.05, 0) is 19.8 Å². The predicted molar refractivity (Wildman–Crippen MR) is 61.3 cm³/mol. The second kappa shape index (κ2) is 6.78. The van der Waals surface area contributed by atoms with Crippen molar-refractivity contribution in [3.8, 4) is 0 Å². The molecule has 1 aromatic rings. The number of carboxylic acids is 1. The molecule has 17 heavy (non-hydrogen) atoms. The number of hydrogen-bond acceptors (Lipinski definition) is 4. The van der Waals surface area contributed by atoms with Gasteiger partial charge in [0.1, 0.15) is 6.33 Å². The smallest absolute Gasteiger partial charge is 0.303 e. The predicted octanol–water partition coefficient (Wildman–Crippen LogP) is 1.98. The second-order valence-electron chi connectivity index (χ2n) is 3.75. The quantitative estimate of drug-likeness (QED) is 0.714. The summed E-state index contributed by atoms with van der Waals surface area (Å²) in [6.07, 6.45) is 3.72. The van der Waals surface area contributed by atoms with Gasteiger partial charge in [-0.2, -0.15) is 0 Å². The average Bonchev–Trinajstić information content (AvgIpc) is 2.28. The Morgan fingerprint density at radius 3 is 2.88 bits per heavy atom. The SMILES string of the molecule is Cc1ncnc(NCCCCCC(=O)O)c1F. The molecule has 94 valence electrons. The van der Waals surface area contributed by atoms with E-state index in [0.717, 1.165) is 12.8 Å². The van der Waals surface area contributed by atoms with E-state index in [9.17, 15) is 9.18 Å². The second-order valence-corrected chi connectivity index (χ2v) is 3.75. The van der Waals surface area contributed by atoms with E-state index in [0.29, 0.717) is 18.7 Å². The summed E-state index contributed by atoms with van der Waals surface area (Å²) in [6.45, 7) is 2.15. The fourth-order valence-electron chi connectivity index (χ4n) is 1.37. The molecule has 6 heteroatoms. The first-order valence-corrected chi connectivity index (χ1v) is 5.54. The van der Waals surface area contributed by atoms with Crippen LogP contribution in [0.2, 0.25) is 0 Å². The molecule has 0 fully saturated rings. The van der Waals surface area contributed by atoms with E-state index in [1.165, 1.54) is 6.33 Å². The minimum atomic E-state index is -0.782. The molecule has 0 bridgehead atoms. The molecule has 0 radical (unpaired) electrons. The fourth-order valence-corrected chi connectivity index (χ4v) is 1.37. The van der Waals surface area contributed by atoms with Crippen LogP contribution in [0.4, 0.5) is 10.2 Å². The molecule has 0 aromatic carbocycles. The number of nitrogens with one attached hydrogen (secondary N) is 1. The molecular formula is C11H16FN3O2. The zero-order chi connectivity index (χ0) is 12.7. The molecule has 0 amide bonds. The summed E-state index contributed by atoms with van der Waals surface area (Å²) >= 11 is 0. The Kier molecular flexibility index (Phi) is 5.32. The Morgan fingerprint density at radius 1 is 1.41 bits per heavy atom. The van der Waals surface area contributed by atoms with Gasteiger partial charge in [-0.1, -0.05) is 6.42 Å². The summed E-state index contributed by atoms with van der Waals surface area (Å²) in [6, 6.07) is 0. The molecular weight excluding hydrogens is 225 g/mol. The van der Waals surface area contributed by atoms with Crippen LogP contribution >= 0.6 is 0 Å². The number of nitrogens with zero attached hydrogens (tertiary/aromatic N) is 2. The summed E-state index contributed by atoms with van der Waals surface area (Å²) in [5.41, 5.74) is 0.313. The van der Waals surface area contributed by atoms with E-state index >= 15 is 0 Å². The lowest BCUT2D eigenvalue weighted by molar-refractivity contribution is -0.137. The highest BCUT2D eigenvalue weighted by molar-refractivity contribution is 5.66. The van der Waals surface area contributed by atoms with Gasteiger partial charge in [0.2, 0.25) is 0 Å². The number of halogens is 1. The number of aromatic nitrogens is 2. The van der Waals surface area contributed by atoms with E-state index in [4.69, 9.17) is 5.11 Å². The van der Waals surface area contributed by atoms with Gasteiger partial charge in [-0.3, -0.25) is 4.79 Å². The van der Waals surface area contributed by atoms with Crippen LogP contribution < -0.4 is 5.32 Å². The third-order valence-electron chi connectivity index (χ3n) is 2.32. The van der Waals surface area contributed by atoms with Crippen LogP contribution in [0.25, 0.3) is 0 Å². The van der Waals surface area contributed by atoms with Gasteiger partial charge in [-0.15, -0.1) is 0 Å². The third kappa shape index (κ3) is 4.76. The van der Waals surface area contributed by atoms with Gasteiger partial charge in [-0.25, -0.2) is 14.4 Å². The van der Waals surface area contributed by atoms with E-state index < -0.39 is 11.8 Å². The molecule has 0 aliphatic heterocycles. The van der Waals surface area contributed by atoms with Crippen molar-refractivity contribution in [3.63, 3.8) is 0 Å². The summed E-state index contributed by atoms with van der Waals surface area (Å²) in [5.74, 6) is -1.01. The van der Waals surface area contributed by atoms with Crippen LogP contribution in [0.15, 0.2) is 6.33 Å². The molecule has 0 aliphatic carbocycles. The monoisotopic (exact) mass is 241 g/mol. The fraction of sp³-hybridized carbons (Fsp3) is 0.545. The van der Waals surface area contributed by atoms with Crippen LogP contribution in [-0.2, 0) is 4.79 Å². The standard InChI is InChI=1S/C11H16FN3O2/c1-8-10(12)11(15-7-14-8)13-6-4-2-3-5-9(16)17/h7H,2-6H2,1H3,(H,16,17)(H,13,14,15). The van der Waals surface area contributed by atoms with Crippen molar-refractivity contribution in [1.82, 2.24) is 9.97 Å².